The maximum absolute atomic E-state index is 5.94. The predicted molar refractivity (Wildman–Crippen MR) is 125 cm³/mol. The van der Waals surface area contributed by atoms with Gasteiger partial charge in [-0.2, -0.15) is 0 Å². The van der Waals surface area contributed by atoms with Crippen LogP contribution in [0.25, 0.3) is 11.5 Å². The lowest BCUT2D eigenvalue weighted by Gasteiger charge is -2.19. The molecule has 0 aliphatic rings. The molecule has 166 valence electrons. The second-order valence-corrected chi connectivity index (χ2v) is 7.97. The summed E-state index contributed by atoms with van der Waals surface area (Å²) in [6, 6.07) is 18.7. The normalized spacial score (nSPS) is 12.3. The molecule has 0 unspecified atom stereocenters. The Morgan fingerprint density at radius 2 is 1.77 bits per heavy atom. The van der Waals surface area contributed by atoms with Gasteiger partial charge >= 0.3 is 0 Å². The fraction of sp³-hybridized carbons (Fsp3) is 0.423. The van der Waals surface area contributed by atoms with Crippen molar-refractivity contribution < 1.29 is 13.9 Å². The van der Waals surface area contributed by atoms with Crippen molar-refractivity contribution in [3.8, 4) is 17.2 Å². The van der Waals surface area contributed by atoms with Crippen molar-refractivity contribution in [1.82, 2.24) is 10.3 Å². The van der Waals surface area contributed by atoms with Gasteiger partial charge in [-0.3, -0.25) is 0 Å². The summed E-state index contributed by atoms with van der Waals surface area (Å²) in [6.45, 7) is 10.4. The van der Waals surface area contributed by atoms with Crippen molar-refractivity contribution in [3.63, 3.8) is 0 Å². The summed E-state index contributed by atoms with van der Waals surface area (Å²) in [5.74, 6) is 2.37. The van der Waals surface area contributed by atoms with E-state index in [0.717, 1.165) is 42.3 Å². The third-order valence-corrected chi connectivity index (χ3v) is 5.06. The van der Waals surface area contributed by atoms with Crippen LogP contribution in [0.1, 0.15) is 37.8 Å². The first-order valence-electron chi connectivity index (χ1n) is 11.1. The zero-order chi connectivity index (χ0) is 22.1. The number of benzene rings is 2. The van der Waals surface area contributed by atoms with Crippen LogP contribution in [0.5, 0.6) is 5.75 Å². The van der Waals surface area contributed by atoms with E-state index >= 15 is 0 Å². The Kier molecular flexibility index (Phi) is 8.68. The molecule has 1 N–H and O–H groups in total. The van der Waals surface area contributed by atoms with Crippen molar-refractivity contribution in [2.45, 2.75) is 52.7 Å². The Bertz CT molecular complexity index is 904. The standard InChI is InChI=1S/C26H34N2O3/c1-5-29-24(18-27-19(2)3)17-21-11-13-23(14-12-21)30-16-15-25-20(4)31-26(28-25)22-9-7-6-8-10-22/h6-14,19,24,27H,5,15-18H2,1-4H3/t24-/m0/s1. The Labute approximate surface area is 185 Å². The Hall–Kier alpha value is -2.63. The molecule has 5 nitrogen and oxygen atoms in total. The van der Waals surface area contributed by atoms with Crippen molar-refractivity contribution in [2.24, 2.45) is 0 Å². The zero-order valence-corrected chi connectivity index (χ0v) is 19.1. The van der Waals surface area contributed by atoms with E-state index in [0.29, 0.717) is 25.0 Å². The molecule has 0 saturated heterocycles. The lowest BCUT2D eigenvalue weighted by atomic mass is 10.1. The summed E-state index contributed by atoms with van der Waals surface area (Å²) < 4.78 is 17.6. The molecule has 0 amide bonds. The monoisotopic (exact) mass is 422 g/mol. The van der Waals surface area contributed by atoms with Crippen molar-refractivity contribution in [2.75, 3.05) is 19.8 Å². The Balaban J connectivity index is 1.50. The van der Waals surface area contributed by atoms with E-state index in [2.05, 4.69) is 36.3 Å². The van der Waals surface area contributed by atoms with Gasteiger partial charge in [-0.15, -0.1) is 0 Å². The van der Waals surface area contributed by atoms with Crippen molar-refractivity contribution in [3.05, 3.63) is 71.6 Å². The molecular formula is C26H34N2O3. The number of hydrogen-bond donors (Lipinski definition) is 1. The summed E-state index contributed by atoms with van der Waals surface area (Å²) in [4.78, 5) is 4.64. The summed E-state index contributed by atoms with van der Waals surface area (Å²) in [7, 11) is 0. The van der Waals surface area contributed by atoms with Crippen molar-refractivity contribution >= 4 is 0 Å². The first kappa shape index (κ1) is 23.0. The number of nitrogens with one attached hydrogen (secondary N) is 1. The summed E-state index contributed by atoms with van der Waals surface area (Å²) >= 11 is 0. The zero-order valence-electron chi connectivity index (χ0n) is 19.1. The molecule has 0 radical (unpaired) electrons. The van der Waals surface area contributed by atoms with Gasteiger partial charge in [-0.05, 0) is 50.1 Å². The van der Waals surface area contributed by atoms with E-state index in [1.807, 2.05) is 56.3 Å². The maximum Gasteiger partial charge on any atom is 0.226 e. The van der Waals surface area contributed by atoms with Crippen LogP contribution < -0.4 is 10.1 Å². The number of aromatic nitrogens is 1. The molecule has 0 bridgehead atoms. The van der Waals surface area contributed by atoms with Gasteiger partial charge < -0.3 is 19.2 Å². The molecule has 0 spiro atoms. The van der Waals surface area contributed by atoms with E-state index in [-0.39, 0.29) is 6.10 Å². The van der Waals surface area contributed by atoms with Gasteiger partial charge in [0.1, 0.15) is 11.5 Å². The van der Waals surface area contributed by atoms with Crippen LogP contribution in [0.15, 0.2) is 59.0 Å². The smallest absolute Gasteiger partial charge is 0.226 e. The first-order chi connectivity index (χ1) is 15.0. The minimum absolute atomic E-state index is 0.174. The maximum atomic E-state index is 5.94. The second kappa shape index (κ2) is 11.7. The van der Waals surface area contributed by atoms with E-state index in [1.165, 1.54) is 5.56 Å². The van der Waals surface area contributed by atoms with Gasteiger partial charge in [-0.1, -0.05) is 44.2 Å². The highest BCUT2D eigenvalue weighted by Gasteiger charge is 2.12. The van der Waals surface area contributed by atoms with Crippen LogP contribution in [0.3, 0.4) is 0 Å². The van der Waals surface area contributed by atoms with Crippen LogP contribution in [0.4, 0.5) is 0 Å². The van der Waals surface area contributed by atoms with Crippen LogP contribution in [-0.4, -0.2) is 36.9 Å². The van der Waals surface area contributed by atoms with Gasteiger partial charge in [0.15, 0.2) is 0 Å². The molecule has 1 atom stereocenters. The van der Waals surface area contributed by atoms with Gasteiger partial charge in [0.05, 0.1) is 18.4 Å². The Morgan fingerprint density at radius 3 is 2.45 bits per heavy atom. The first-order valence-corrected chi connectivity index (χ1v) is 11.1. The molecular weight excluding hydrogens is 388 g/mol. The van der Waals surface area contributed by atoms with Crippen LogP contribution in [0, 0.1) is 6.92 Å². The summed E-state index contributed by atoms with van der Waals surface area (Å²) in [5.41, 5.74) is 3.17. The average Bonchev–Trinajstić information content (AvgIpc) is 3.14. The van der Waals surface area contributed by atoms with Crippen molar-refractivity contribution in [1.29, 1.82) is 0 Å². The van der Waals surface area contributed by atoms with Crippen LogP contribution >= 0.6 is 0 Å². The number of ether oxygens (including phenoxy) is 2. The molecule has 0 fully saturated rings. The van der Waals surface area contributed by atoms with Crippen LogP contribution in [0.2, 0.25) is 0 Å². The topological polar surface area (TPSA) is 56.5 Å². The van der Waals surface area contributed by atoms with E-state index in [1.54, 1.807) is 0 Å². The SMILES string of the molecule is CCO[C@H](CNC(C)C)Cc1ccc(OCCc2nc(-c3ccccc3)oc2C)cc1. The number of oxazole rings is 1. The van der Waals surface area contributed by atoms with Crippen LogP contribution in [-0.2, 0) is 17.6 Å². The van der Waals surface area contributed by atoms with E-state index in [9.17, 15) is 0 Å². The molecule has 3 aromatic rings. The van der Waals surface area contributed by atoms with Gasteiger partial charge in [0.25, 0.3) is 0 Å². The quantitative estimate of drug-likeness (QED) is 0.434. The minimum atomic E-state index is 0.174. The minimum Gasteiger partial charge on any atom is -0.493 e. The summed E-state index contributed by atoms with van der Waals surface area (Å²) in [5, 5.41) is 3.46. The molecule has 0 aliphatic heterocycles. The highest BCUT2D eigenvalue weighted by Crippen LogP contribution is 2.22. The van der Waals surface area contributed by atoms with Gasteiger partial charge in [0.2, 0.25) is 5.89 Å². The number of nitrogens with zero attached hydrogens (tertiary/aromatic N) is 1. The molecule has 1 heterocycles. The molecule has 1 aromatic heterocycles. The van der Waals surface area contributed by atoms with E-state index in [4.69, 9.17) is 13.9 Å². The summed E-state index contributed by atoms with van der Waals surface area (Å²) in [6.07, 6.45) is 1.76. The van der Waals surface area contributed by atoms with E-state index < -0.39 is 0 Å². The van der Waals surface area contributed by atoms with Gasteiger partial charge in [-0.25, -0.2) is 4.98 Å². The second-order valence-electron chi connectivity index (χ2n) is 7.97. The average molecular weight is 423 g/mol. The molecule has 2 aromatic carbocycles. The molecule has 0 aliphatic carbocycles. The lowest BCUT2D eigenvalue weighted by Crippen LogP contribution is -2.34. The third kappa shape index (κ3) is 7.23. The fourth-order valence-electron chi connectivity index (χ4n) is 3.41. The largest absolute Gasteiger partial charge is 0.493 e. The van der Waals surface area contributed by atoms with Gasteiger partial charge in [0, 0.05) is 31.2 Å². The third-order valence-electron chi connectivity index (χ3n) is 5.06. The Morgan fingerprint density at radius 1 is 1.03 bits per heavy atom. The molecule has 0 saturated carbocycles. The lowest BCUT2D eigenvalue weighted by molar-refractivity contribution is 0.0617. The molecule has 5 heteroatoms. The predicted octanol–water partition coefficient (Wildman–Crippen LogP) is 5.22. The fourth-order valence-corrected chi connectivity index (χ4v) is 3.41. The molecule has 31 heavy (non-hydrogen) atoms. The number of rotatable bonds is 12. The molecule has 3 rings (SSSR count). The highest BCUT2D eigenvalue weighted by atomic mass is 16.5. The number of aryl methyl sites for hydroxylation is 1. The number of hydrogen-bond acceptors (Lipinski definition) is 5. The highest BCUT2D eigenvalue weighted by molar-refractivity contribution is 5.53.